The summed E-state index contributed by atoms with van der Waals surface area (Å²) in [5.41, 5.74) is 4.25. The molecule has 0 unspecified atom stereocenters. The third-order valence-electron chi connectivity index (χ3n) is 2.26. The Labute approximate surface area is 105 Å². The number of benzene rings is 2. The molecule has 0 heterocycles. The van der Waals surface area contributed by atoms with Gasteiger partial charge < -0.3 is 9.94 Å². The van der Waals surface area contributed by atoms with Crippen molar-refractivity contribution in [3.05, 3.63) is 78.0 Å². The predicted octanol–water partition coefficient (Wildman–Crippen LogP) is 2.27. The van der Waals surface area contributed by atoms with Crippen molar-refractivity contribution in [2.45, 2.75) is 0 Å². The second kappa shape index (κ2) is 5.95. The number of carbonyl (C=O) groups excluding carboxylic acids is 1. The van der Waals surface area contributed by atoms with E-state index in [9.17, 15) is 9.90 Å². The first kappa shape index (κ1) is 12.3. The van der Waals surface area contributed by atoms with Crippen LogP contribution in [0.1, 0.15) is 15.9 Å². The van der Waals surface area contributed by atoms with Gasteiger partial charge >= 0.3 is 5.97 Å². The Balaban J connectivity index is 1.91. The Kier molecular flexibility index (Phi) is 4.06. The highest BCUT2D eigenvalue weighted by Gasteiger charge is 2.14. The van der Waals surface area contributed by atoms with Crippen LogP contribution >= 0.6 is 0 Å². The molecule has 4 nitrogen and oxygen atoms in total. The predicted molar refractivity (Wildman–Crippen MR) is 64.7 cm³/mol. The monoisotopic (exact) mass is 241 g/mol. The fourth-order valence-corrected chi connectivity index (χ4v) is 1.35. The van der Waals surface area contributed by atoms with Crippen LogP contribution in [0, 0.1) is 6.23 Å². The summed E-state index contributed by atoms with van der Waals surface area (Å²) in [7, 11) is 0. The van der Waals surface area contributed by atoms with Crippen LogP contribution in [0.5, 0.6) is 0 Å². The average molecular weight is 241 g/mol. The molecule has 18 heavy (non-hydrogen) atoms. The van der Waals surface area contributed by atoms with Crippen molar-refractivity contribution in [2.24, 2.45) is 0 Å². The summed E-state index contributed by atoms with van der Waals surface area (Å²) in [5.74, 6) is -0.613. The van der Waals surface area contributed by atoms with E-state index in [-0.39, 0.29) is 6.23 Å². The summed E-state index contributed by atoms with van der Waals surface area (Å²) in [6, 6.07) is 17.1. The Morgan fingerprint density at radius 2 is 1.39 bits per heavy atom. The van der Waals surface area contributed by atoms with Crippen LogP contribution < -0.4 is 5.48 Å². The molecular weight excluding hydrogens is 230 g/mol. The fourth-order valence-electron chi connectivity index (χ4n) is 1.35. The SMILES string of the molecule is O=C(O[N][C](O)c1ccccc1)c1ccccc1. The molecule has 4 heteroatoms. The zero-order valence-electron chi connectivity index (χ0n) is 9.48. The molecule has 0 fully saturated rings. The van der Waals surface area contributed by atoms with E-state index in [1.165, 1.54) is 0 Å². The summed E-state index contributed by atoms with van der Waals surface area (Å²) < 4.78 is 0. The minimum atomic E-state index is -0.613. The lowest BCUT2D eigenvalue weighted by molar-refractivity contribution is 0.00737. The molecule has 90 valence electrons. The van der Waals surface area contributed by atoms with Crippen LogP contribution in [0.2, 0.25) is 0 Å². The van der Waals surface area contributed by atoms with Crippen molar-refractivity contribution >= 4 is 5.97 Å². The maximum absolute atomic E-state index is 11.5. The van der Waals surface area contributed by atoms with Gasteiger partial charge in [0.05, 0.1) is 5.56 Å². The molecule has 0 aliphatic rings. The molecule has 2 aromatic carbocycles. The minimum absolute atomic E-state index is 0.333. The largest absolute Gasteiger partial charge is 0.364 e. The molecule has 0 saturated heterocycles. The van der Waals surface area contributed by atoms with E-state index in [2.05, 4.69) is 10.3 Å². The van der Waals surface area contributed by atoms with Gasteiger partial charge in [0, 0.05) is 11.0 Å². The minimum Gasteiger partial charge on any atom is -0.364 e. The molecule has 0 aromatic heterocycles. The second-order valence-electron chi connectivity index (χ2n) is 3.53. The van der Waals surface area contributed by atoms with E-state index in [1.54, 1.807) is 54.6 Å². The molecule has 0 saturated carbocycles. The molecule has 2 radical (unpaired) electrons. The van der Waals surface area contributed by atoms with E-state index in [1.807, 2.05) is 6.07 Å². The first-order valence-electron chi connectivity index (χ1n) is 5.36. The van der Waals surface area contributed by atoms with Crippen LogP contribution in [0.4, 0.5) is 0 Å². The highest BCUT2D eigenvalue weighted by molar-refractivity contribution is 5.89. The zero-order valence-corrected chi connectivity index (χ0v) is 9.48. The lowest BCUT2D eigenvalue weighted by Crippen LogP contribution is -2.19. The zero-order chi connectivity index (χ0) is 12.8. The standard InChI is InChI=1S/C14H11NO3/c16-13(11-7-3-1-4-8-11)15-18-14(17)12-9-5-2-6-10-12/h1-10,16H. The molecule has 0 aliphatic heterocycles. The molecule has 0 aliphatic carbocycles. The number of aliphatic hydroxyl groups excluding tert-OH is 1. The third kappa shape index (κ3) is 3.16. The van der Waals surface area contributed by atoms with Gasteiger partial charge in [0.2, 0.25) is 6.23 Å². The van der Waals surface area contributed by atoms with E-state index in [0.29, 0.717) is 11.1 Å². The Morgan fingerprint density at radius 1 is 0.889 bits per heavy atom. The van der Waals surface area contributed by atoms with Crippen molar-refractivity contribution in [3.63, 3.8) is 0 Å². The number of carbonyl (C=O) groups is 1. The Morgan fingerprint density at radius 3 is 1.94 bits per heavy atom. The third-order valence-corrected chi connectivity index (χ3v) is 2.26. The van der Waals surface area contributed by atoms with E-state index < -0.39 is 5.97 Å². The number of aliphatic hydroxyl groups is 1. The van der Waals surface area contributed by atoms with Gasteiger partial charge in [-0.25, -0.2) is 4.79 Å². The van der Waals surface area contributed by atoms with Gasteiger partial charge in [-0.3, -0.25) is 0 Å². The summed E-state index contributed by atoms with van der Waals surface area (Å²) in [5, 5.41) is 9.59. The van der Waals surface area contributed by atoms with Crippen molar-refractivity contribution < 1.29 is 14.7 Å². The van der Waals surface area contributed by atoms with Crippen molar-refractivity contribution in [1.29, 1.82) is 0 Å². The van der Waals surface area contributed by atoms with Crippen molar-refractivity contribution in [3.8, 4) is 0 Å². The van der Waals surface area contributed by atoms with Gasteiger partial charge in [-0.05, 0) is 12.1 Å². The molecule has 0 atom stereocenters. The quantitative estimate of drug-likeness (QED) is 0.835. The lowest BCUT2D eigenvalue weighted by Gasteiger charge is -2.07. The molecule has 2 rings (SSSR count). The van der Waals surface area contributed by atoms with E-state index in [0.717, 1.165) is 0 Å². The Hall–Kier alpha value is -2.17. The molecule has 0 spiro atoms. The first-order valence-corrected chi connectivity index (χ1v) is 5.36. The molecule has 1 N–H and O–H groups in total. The van der Waals surface area contributed by atoms with Crippen LogP contribution in [0.15, 0.2) is 60.7 Å². The van der Waals surface area contributed by atoms with Crippen molar-refractivity contribution in [1.82, 2.24) is 5.48 Å². The normalized spacial score (nSPS) is 10.3. The molecule has 2 aromatic rings. The van der Waals surface area contributed by atoms with Crippen LogP contribution in [-0.4, -0.2) is 11.1 Å². The molecular formula is C14H11NO3. The van der Waals surface area contributed by atoms with Gasteiger partial charge in [-0.15, -0.1) is 0 Å². The van der Waals surface area contributed by atoms with Gasteiger partial charge in [0.25, 0.3) is 0 Å². The van der Waals surface area contributed by atoms with Gasteiger partial charge in [0.15, 0.2) is 0 Å². The highest BCUT2D eigenvalue weighted by atomic mass is 16.7. The summed E-state index contributed by atoms with van der Waals surface area (Å²) >= 11 is 0. The van der Waals surface area contributed by atoms with E-state index >= 15 is 0 Å². The maximum Gasteiger partial charge on any atom is 0.358 e. The topological polar surface area (TPSA) is 60.6 Å². The summed E-state index contributed by atoms with van der Waals surface area (Å²) in [6.45, 7) is 0. The number of hydrogen-bond donors (Lipinski definition) is 1. The lowest BCUT2D eigenvalue weighted by atomic mass is 10.2. The molecule has 0 bridgehead atoms. The number of rotatable bonds is 4. The first-order chi connectivity index (χ1) is 8.77. The van der Waals surface area contributed by atoms with Crippen molar-refractivity contribution in [2.75, 3.05) is 0 Å². The fraction of sp³-hybridized carbons (Fsp3) is 0. The number of nitrogens with zero attached hydrogens (tertiary/aromatic N) is 1. The highest BCUT2D eigenvalue weighted by Crippen LogP contribution is 2.09. The van der Waals surface area contributed by atoms with Gasteiger partial charge in [0.1, 0.15) is 0 Å². The second-order valence-corrected chi connectivity index (χ2v) is 3.53. The van der Waals surface area contributed by atoms with Gasteiger partial charge in [-0.2, -0.15) is 0 Å². The van der Waals surface area contributed by atoms with Crippen LogP contribution in [0.25, 0.3) is 0 Å². The van der Waals surface area contributed by atoms with Crippen LogP contribution in [0.3, 0.4) is 0 Å². The Bertz CT molecular complexity index is 499. The van der Waals surface area contributed by atoms with E-state index in [4.69, 9.17) is 0 Å². The summed E-state index contributed by atoms with van der Waals surface area (Å²) in [4.78, 5) is 16.2. The number of hydroxylamine groups is 1. The van der Waals surface area contributed by atoms with Crippen LogP contribution in [-0.2, 0) is 4.84 Å². The average Bonchev–Trinajstić information content (AvgIpc) is 2.46. The maximum atomic E-state index is 11.5. The van der Waals surface area contributed by atoms with Gasteiger partial charge in [-0.1, -0.05) is 48.5 Å². The smallest absolute Gasteiger partial charge is 0.358 e. The molecule has 0 amide bonds. The number of hydrogen-bond acceptors (Lipinski definition) is 3. The summed E-state index contributed by atoms with van der Waals surface area (Å²) in [6.07, 6.45) is -0.333.